The third-order valence-electron chi connectivity index (χ3n) is 5.40. The quantitative estimate of drug-likeness (QED) is 0.858. The number of hydrogen-bond acceptors (Lipinski definition) is 2. The van der Waals surface area contributed by atoms with Crippen LogP contribution in [0.5, 0.6) is 5.75 Å². The Morgan fingerprint density at radius 1 is 1.24 bits per heavy atom. The maximum absolute atomic E-state index is 5.94. The van der Waals surface area contributed by atoms with Crippen LogP contribution in [0, 0.1) is 5.41 Å². The predicted octanol–water partition coefficient (Wildman–Crippen LogP) is 4.24. The topological polar surface area (TPSA) is 21.3 Å². The highest BCUT2D eigenvalue weighted by Gasteiger charge is 2.37. The Kier molecular flexibility index (Phi) is 3.74. The fourth-order valence-corrected chi connectivity index (χ4v) is 4.62. The SMILES string of the molecule is Brc1cc2c(c(CC3(CNC4CC4)CCCC3)c1)OCC2. The summed E-state index contributed by atoms with van der Waals surface area (Å²) in [4.78, 5) is 0. The minimum atomic E-state index is 0.461. The van der Waals surface area contributed by atoms with Crippen LogP contribution in [0.25, 0.3) is 0 Å². The number of benzene rings is 1. The lowest BCUT2D eigenvalue weighted by Gasteiger charge is -2.30. The standard InChI is InChI=1S/C18H24BrNO/c19-15-9-13-5-8-21-17(13)14(10-15)11-18(6-1-2-7-18)12-20-16-3-4-16/h9-10,16,20H,1-8,11-12H2. The van der Waals surface area contributed by atoms with Crippen molar-refractivity contribution in [1.29, 1.82) is 0 Å². The van der Waals surface area contributed by atoms with Gasteiger partial charge in [0.25, 0.3) is 0 Å². The van der Waals surface area contributed by atoms with Crippen LogP contribution in [0.1, 0.15) is 49.7 Å². The molecule has 1 N–H and O–H groups in total. The van der Waals surface area contributed by atoms with Crippen molar-refractivity contribution in [1.82, 2.24) is 5.32 Å². The normalized spacial score (nSPS) is 23.1. The highest BCUT2D eigenvalue weighted by Crippen LogP contribution is 2.44. The lowest BCUT2D eigenvalue weighted by Crippen LogP contribution is -2.35. The van der Waals surface area contributed by atoms with Gasteiger partial charge in [-0.2, -0.15) is 0 Å². The van der Waals surface area contributed by atoms with Crippen molar-refractivity contribution in [3.63, 3.8) is 0 Å². The Morgan fingerprint density at radius 2 is 2.05 bits per heavy atom. The molecule has 2 nitrogen and oxygen atoms in total. The summed E-state index contributed by atoms with van der Waals surface area (Å²) in [5.41, 5.74) is 3.28. The Balaban J connectivity index is 1.57. The zero-order valence-electron chi connectivity index (χ0n) is 12.6. The third kappa shape index (κ3) is 3.00. The molecule has 2 saturated carbocycles. The van der Waals surface area contributed by atoms with Crippen LogP contribution in [0.4, 0.5) is 0 Å². The lowest BCUT2D eigenvalue weighted by molar-refractivity contribution is 0.270. The molecule has 1 heterocycles. The summed E-state index contributed by atoms with van der Waals surface area (Å²) in [6, 6.07) is 5.34. The molecule has 1 aromatic carbocycles. The largest absolute Gasteiger partial charge is 0.493 e. The summed E-state index contributed by atoms with van der Waals surface area (Å²) in [5, 5.41) is 3.79. The van der Waals surface area contributed by atoms with E-state index in [-0.39, 0.29) is 0 Å². The first-order chi connectivity index (χ1) is 10.2. The van der Waals surface area contributed by atoms with Gasteiger partial charge < -0.3 is 10.1 Å². The fraction of sp³-hybridized carbons (Fsp3) is 0.667. The molecule has 0 spiro atoms. The van der Waals surface area contributed by atoms with E-state index < -0.39 is 0 Å². The number of hydrogen-bond donors (Lipinski definition) is 1. The van der Waals surface area contributed by atoms with Gasteiger partial charge in [0.15, 0.2) is 0 Å². The Bertz CT molecular complexity index is 532. The van der Waals surface area contributed by atoms with E-state index in [1.807, 2.05) is 0 Å². The average Bonchev–Trinajstić information content (AvgIpc) is 2.97. The summed E-state index contributed by atoms with van der Waals surface area (Å²) in [5.74, 6) is 1.19. The molecule has 1 aliphatic heterocycles. The van der Waals surface area contributed by atoms with Crippen molar-refractivity contribution in [2.24, 2.45) is 5.41 Å². The number of fused-ring (bicyclic) bond motifs is 1. The van der Waals surface area contributed by atoms with Crippen LogP contribution in [-0.2, 0) is 12.8 Å². The Labute approximate surface area is 135 Å². The second-order valence-corrected chi connectivity index (χ2v) is 8.11. The summed E-state index contributed by atoms with van der Waals surface area (Å²) in [7, 11) is 0. The first kappa shape index (κ1) is 14.1. The lowest BCUT2D eigenvalue weighted by atomic mass is 9.79. The average molecular weight is 350 g/mol. The molecule has 2 aliphatic carbocycles. The third-order valence-corrected chi connectivity index (χ3v) is 5.86. The van der Waals surface area contributed by atoms with E-state index in [2.05, 4.69) is 33.4 Å². The highest BCUT2D eigenvalue weighted by molar-refractivity contribution is 9.10. The van der Waals surface area contributed by atoms with E-state index in [0.717, 1.165) is 19.1 Å². The van der Waals surface area contributed by atoms with E-state index >= 15 is 0 Å². The van der Waals surface area contributed by atoms with Gasteiger partial charge in [0, 0.05) is 23.5 Å². The summed E-state index contributed by atoms with van der Waals surface area (Å²) in [6.45, 7) is 2.05. The molecule has 0 unspecified atom stereocenters. The van der Waals surface area contributed by atoms with Crippen molar-refractivity contribution >= 4 is 15.9 Å². The fourth-order valence-electron chi connectivity index (χ4n) is 4.07. The summed E-state index contributed by atoms with van der Waals surface area (Å²) in [6.07, 6.45) is 10.5. The molecule has 3 aliphatic rings. The minimum Gasteiger partial charge on any atom is -0.493 e. The minimum absolute atomic E-state index is 0.461. The van der Waals surface area contributed by atoms with Gasteiger partial charge in [0.2, 0.25) is 0 Å². The van der Waals surface area contributed by atoms with Gasteiger partial charge in [-0.3, -0.25) is 0 Å². The van der Waals surface area contributed by atoms with Gasteiger partial charge in [-0.25, -0.2) is 0 Å². The maximum atomic E-state index is 5.94. The van der Waals surface area contributed by atoms with Crippen molar-refractivity contribution in [2.75, 3.05) is 13.2 Å². The second-order valence-electron chi connectivity index (χ2n) is 7.19. The first-order valence-corrected chi connectivity index (χ1v) is 9.21. The molecular weight excluding hydrogens is 326 g/mol. The zero-order chi connectivity index (χ0) is 14.3. The molecule has 0 bridgehead atoms. The van der Waals surface area contributed by atoms with Crippen molar-refractivity contribution < 1.29 is 4.74 Å². The first-order valence-electron chi connectivity index (χ1n) is 8.42. The molecule has 21 heavy (non-hydrogen) atoms. The molecule has 0 atom stereocenters. The molecule has 114 valence electrons. The highest BCUT2D eigenvalue weighted by atomic mass is 79.9. The van der Waals surface area contributed by atoms with Crippen molar-refractivity contribution in [3.05, 3.63) is 27.7 Å². The number of nitrogens with one attached hydrogen (secondary N) is 1. The van der Waals surface area contributed by atoms with Crippen molar-refractivity contribution in [2.45, 2.75) is 57.4 Å². The van der Waals surface area contributed by atoms with E-state index in [0.29, 0.717) is 5.41 Å². The molecular formula is C18H24BrNO. The van der Waals surface area contributed by atoms with Crippen LogP contribution in [-0.4, -0.2) is 19.2 Å². The van der Waals surface area contributed by atoms with E-state index in [9.17, 15) is 0 Å². The molecule has 0 amide bonds. The van der Waals surface area contributed by atoms with Crippen LogP contribution in [0.3, 0.4) is 0 Å². The molecule has 3 heteroatoms. The molecule has 0 saturated heterocycles. The second kappa shape index (κ2) is 5.58. The monoisotopic (exact) mass is 349 g/mol. The van der Waals surface area contributed by atoms with Crippen LogP contribution >= 0.6 is 15.9 Å². The molecule has 0 radical (unpaired) electrons. The van der Waals surface area contributed by atoms with E-state index in [1.165, 1.54) is 72.8 Å². The molecule has 2 fully saturated rings. The van der Waals surface area contributed by atoms with Crippen LogP contribution in [0.2, 0.25) is 0 Å². The van der Waals surface area contributed by atoms with Gasteiger partial charge in [-0.1, -0.05) is 28.8 Å². The van der Waals surface area contributed by atoms with Gasteiger partial charge in [0.1, 0.15) is 5.75 Å². The smallest absolute Gasteiger partial charge is 0.125 e. The van der Waals surface area contributed by atoms with E-state index in [4.69, 9.17) is 4.74 Å². The van der Waals surface area contributed by atoms with Crippen LogP contribution < -0.4 is 10.1 Å². The Hall–Kier alpha value is -0.540. The van der Waals surface area contributed by atoms with Crippen molar-refractivity contribution in [3.8, 4) is 5.75 Å². The Morgan fingerprint density at radius 3 is 2.81 bits per heavy atom. The van der Waals surface area contributed by atoms with Gasteiger partial charge in [0.05, 0.1) is 6.61 Å². The molecule has 1 aromatic rings. The maximum Gasteiger partial charge on any atom is 0.125 e. The number of rotatable bonds is 5. The molecule has 0 aromatic heterocycles. The predicted molar refractivity (Wildman–Crippen MR) is 89.0 cm³/mol. The summed E-state index contributed by atoms with van der Waals surface area (Å²) >= 11 is 3.68. The summed E-state index contributed by atoms with van der Waals surface area (Å²) < 4.78 is 7.15. The van der Waals surface area contributed by atoms with Crippen LogP contribution in [0.15, 0.2) is 16.6 Å². The van der Waals surface area contributed by atoms with Gasteiger partial charge in [-0.15, -0.1) is 0 Å². The number of halogens is 1. The van der Waals surface area contributed by atoms with E-state index in [1.54, 1.807) is 0 Å². The number of ether oxygens (including phenoxy) is 1. The van der Waals surface area contributed by atoms with Gasteiger partial charge >= 0.3 is 0 Å². The zero-order valence-corrected chi connectivity index (χ0v) is 14.2. The van der Waals surface area contributed by atoms with Gasteiger partial charge in [-0.05, 0) is 60.8 Å². The molecule has 4 rings (SSSR count).